The number of ether oxygens (including phenoxy) is 1. The number of aromatic nitrogens is 1. The van der Waals surface area contributed by atoms with Gasteiger partial charge in [0.25, 0.3) is 5.91 Å². The van der Waals surface area contributed by atoms with Crippen LogP contribution in [0.25, 0.3) is 0 Å². The summed E-state index contributed by atoms with van der Waals surface area (Å²) in [5.41, 5.74) is 1.19. The van der Waals surface area contributed by atoms with E-state index in [1.807, 2.05) is 19.1 Å². The lowest BCUT2D eigenvalue weighted by atomic mass is 10.1. The molecular weight excluding hydrogens is 428 g/mol. The van der Waals surface area contributed by atoms with Gasteiger partial charge in [-0.2, -0.15) is 0 Å². The summed E-state index contributed by atoms with van der Waals surface area (Å²) in [6, 6.07) is 17.0. The summed E-state index contributed by atoms with van der Waals surface area (Å²) in [4.78, 5) is 16.7. The number of hydrogen-bond acceptors (Lipinski definition) is 6. The smallest absolute Gasteiger partial charge is 0.251 e. The van der Waals surface area contributed by atoms with Gasteiger partial charge in [-0.3, -0.25) is 9.78 Å². The molecule has 3 aromatic rings. The standard InChI is InChI=1S/C23H26N4O4S/c1-2-3-12-26-20-14-17(23(28)27-16-18-9-7-8-13-25-18)15-21(32(24,29)30)22(20)31-19-10-5-4-6-11-19/h4-11,13-15,26H,2-3,12,16H2,1H3,(H,27,28)(H2,24,29,30). The summed E-state index contributed by atoms with van der Waals surface area (Å²) >= 11 is 0. The van der Waals surface area contributed by atoms with Crippen LogP contribution in [0.5, 0.6) is 11.5 Å². The molecule has 0 atom stereocenters. The predicted molar refractivity (Wildman–Crippen MR) is 123 cm³/mol. The van der Waals surface area contributed by atoms with Crippen molar-refractivity contribution in [2.45, 2.75) is 31.2 Å². The highest BCUT2D eigenvalue weighted by Crippen LogP contribution is 2.37. The van der Waals surface area contributed by atoms with Crippen LogP contribution in [0.15, 0.2) is 71.8 Å². The van der Waals surface area contributed by atoms with E-state index in [2.05, 4.69) is 15.6 Å². The van der Waals surface area contributed by atoms with Crippen molar-refractivity contribution in [1.29, 1.82) is 0 Å². The molecule has 8 nitrogen and oxygen atoms in total. The Morgan fingerprint density at radius 2 is 1.84 bits per heavy atom. The maximum absolute atomic E-state index is 12.8. The van der Waals surface area contributed by atoms with Gasteiger partial charge in [0, 0.05) is 18.3 Å². The van der Waals surface area contributed by atoms with Gasteiger partial charge in [-0.05, 0) is 42.8 Å². The van der Waals surface area contributed by atoms with E-state index >= 15 is 0 Å². The van der Waals surface area contributed by atoms with Gasteiger partial charge in [0.05, 0.1) is 17.9 Å². The van der Waals surface area contributed by atoms with Crippen LogP contribution in [0.4, 0.5) is 5.69 Å². The van der Waals surface area contributed by atoms with E-state index in [4.69, 9.17) is 9.88 Å². The van der Waals surface area contributed by atoms with Gasteiger partial charge < -0.3 is 15.4 Å². The molecular formula is C23H26N4O4S. The van der Waals surface area contributed by atoms with Crippen LogP contribution >= 0.6 is 0 Å². The Hall–Kier alpha value is -3.43. The fourth-order valence-corrected chi connectivity index (χ4v) is 3.66. The first-order valence-corrected chi connectivity index (χ1v) is 11.8. The average Bonchev–Trinajstić information content (AvgIpc) is 2.79. The van der Waals surface area contributed by atoms with Gasteiger partial charge in [0.1, 0.15) is 10.6 Å². The molecule has 2 aromatic carbocycles. The van der Waals surface area contributed by atoms with Gasteiger partial charge in [-0.25, -0.2) is 13.6 Å². The maximum Gasteiger partial charge on any atom is 0.251 e. The second-order valence-corrected chi connectivity index (χ2v) is 8.63. The van der Waals surface area contributed by atoms with Crippen molar-refractivity contribution in [3.8, 4) is 11.5 Å². The molecule has 32 heavy (non-hydrogen) atoms. The fourth-order valence-electron chi connectivity index (χ4n) is 2.96. The molecule has 0 radical (unpaired) electrons. The highest BCUT2D eigenvalue weighted by molar-refractivity contribution is 7.89. The van der Waals surface area contributed by atoms with E-state index in [1.54, 1.807) is 48.7 Å². The summed E-state index contributed by atoms with van der Waals surface area (Å²) in [7, 11) is -4.19. The van der Waals surface area contributed by atoms with E-state index in [0.717, 1.165) is 12.8 Å². The molecule has 9 heteroatoms. The topological polar surface area (TPSA) is 123 Å². The van der Waals surface area contributed by atoms with Crippen molar-refractivity contribution < 1.29 is 17.9 Å². The number of carbonyl (C=O) groups is 1. The summed E-state index contributed by atoms with van der Waals surface area (Å²) in [5.74, 6) is 0.0460. The Kier molecular flexibility index (Phi) is 7.80. The molecule has 0 bridgehead atoms. The first kappa shape index (κ1) is 23.2. The molecule has 0 saturated carbocycles. The third-order valence-electron chi connectivity index (χ3n) is 4.59. The molecule has 0 aliphatic heterocycles. The molecule has 1 heterocycles. The largest absolute Gasteiger partial charge is 0.454 e. The maximum atomic E-state index is 12.8. The van der Waals surface area contributed by atoms with Crippen LogP contribution in [0.3, 0.4) is 0 Å². The number of amides is 1. The SMILES string of the molecule is CCCCNc1cc(C(=O)NCc2ccccn2)cc(S(N)(=O)=O)c1Oc1ccccc1. The zero-order valence-electron chi connectivity index (χ0n) is 17.7. The number of primary sulfonamides is 1. The number of anilines is 1. The molecule has 1 amide bonds. The van der Waals surface area contributed by atoms with Crippen molar-refractivity contribution in [2.24, 2.45) is 5.14 Å². The molecule has 4 N–H and O–H groups in total. The number of nitrogens with two attached hydrogens (primary N) is 1. The summed E-state index contributed by atoms with van der Waals surface area (Å²) in [6.07, 6.45) is 3.42. The number of sulfonamides is 1. The van der Waals surface area contributed by atoms with Crippen LogP contribution in [-0.4, -0.2) is 25.9 Å². The number of para-hydroxylation sites is 1. The Bertz CT molecular complexity index is 1150. The van der Waals surface area contributed by atoms with Crippen molar-refractivity contribution in [2.75, 3.05) is 11.9 Å². The quantitative estimate of drug-likeness (QED) is 0.402. The molecule has 0 unspecified atom stereocenters. The molecule has 0 saturated heterocycles. The Morgan fingerprint density at radius 3 is 2.50 bits per heavy atom. The summed E-state index contributed by atoms with van der Waals surface area (Å²) < 4.78 is 30.7. The molecule has 0 spiro atoms. The lowest BCUT2D eigenvalue weighted by Crippen LogP contribution is -2.24. The van der Waals surface area contributed by atoms with E-state index in [-0.39, 0.29) is 22.8 Å². The lowest BCUT2D eigenvalue weighted by Gasteiger charge is -2.18. The van der Waals surface area contributed by atoms with Crippen molar-refractivity contribution in [1.82, 2.24) is 10.3 Å². The van der Waals surface area contributed by atoms with Gasteiger partial charge in [0.2, 0.25) is 10.0 Å². The molecule has 168 valence electrons. The second-order valence-electron chi connectivity index (χ2n) is 7.10. The monoisotopic (exact) mass is 454 g/mol. The van der Waals surface area contributed by atoms with Gasteiger partial charge in [-0.15, -0.1) is 0 Å². The minimum absolute atomic E-state index is 0.0519. The number of rotatable bonds is 10. The third-order valence-corrected chi connectivity index (χ3v) is 5.50. The van der Waals surface area contributed by atoms with Crippen LogP contribution in [0.1, 0.15) is 35.8 Å². The average molecular weight is 455 g/mol. The minimum Gasteiger partial charge on any atom is -0.454 e. The highest BCUT2D eigenvalue weighted by Gasteiger charge is 2.23. The molecule has 0 aliphatic carbocycles. The number of nitrogens with zero attached hydrogens (tertiary/aromatic N) is 1. The molecule has 0 fully saturated rings. The second kappa shape index (κ2) is 10.7. The predicted octanol–water partition coefficient (Wildman–Crippen LogP) is 3.66. The summed E-state index contributed by atoms with van der Waals surface area (Å²) in [5, 5.41) is 11.4. The Labute approximate surface area is 187 Å². The number of carbonyl (C=O) groups excluding carboxylic acids is 1. The van der Waals surface area contributed by atoms with Crippen LogP contribution in [0.2, 0.25) is 0 Å². The first-order chi connectivity index (χ1) is 15.4. The first-order valence-electron chi connectivity index (χ1n) is 10.2. The van der Waals surface area contributed by atoms with Crippen molar-refractivity contribution in [3.05, 3.63) is 78.1 Å². The van der Waals surface area contributed by atoms with Gasteiger partial charge >= 0.3 is 0 Å². The van der Waals surface area contributed by atoms with Crippen molar-refractivity contribution in [3.63, 3.8) is 0 Å². The summed E-state index contributed by atoms with van der Waals surface area (Å²) in [6.45, 7) is 2.82. The van der Waals surface area contributed by atoms with E-state index in [0.29, 0.717) is 23.7 Å². The van der Waals surface area contributed by atoms with Crippen LogP contribution in [-0.2, 0) is 16.6 Å². The van der Waals surface area contributed by atoms with Gasteiger partial charge in [0.15, 0.2) is 5.75 Å². The zero-order valence-corrected chi connectivity index (χ0v) is 18.6. The molecule has 1 aromatic heterocycles. The fraction of sp³-hybridized carbons (Fsp3) is 0.217. The number of pyridine rings is 1. The zero-order chi connectivity index (χ0) is 23.0. The Balaban J connectivity index is 1.98. The third kappa shape index (κ3) is 6.29. The number of hydrogen-bond donors (Lipinski definition) is 3. The van der Waals surface area contributed by atoms with E-state index < -0.39 is 15.9 Å². The normalized spacial score (nSPS) is 11.1. The number of nitrogens with one attached hydrogen (secondary N) is 2. The van der Waals surface area contributed by atoms with E-state index in [1.165, 1.54) is 6.07 Å². The van der Waals surface area contributed by atoms with Crippen LogP contribution < -0.4 is 20.5 Å². The van der Waals surface area contributed by atoms with Crippen LogP contribution in [0, 0.1) is 0 Å². The number of unbranched alkanes of at least 4 members (excludes halogenated alkanes) is 1. The van der Waals surface area contributed by atoms with Crippen molar-refractivity contribution >= 4 is 21.6 Å². The Morgan fingerprint density at radius 1 is 1.09 bits per heavy atom. The minimum atomic E-state index is -4.19. The molecule has 0 aliphatic rings. The van der Waals surface area contributed by atoms with E-state index in [9.17, 15) is 13.2 Å². The number of benzene rings is 2. The highest BCUT2D eigenvalue weighted by atomic mass is 32.2. The van der Waals surface area contributed by atoms with Gasteiger partial charge in [-0.1, -0.05) is 37.6 Å². The lowest BCUT2D eigenvalue weighted by molar-refractivity contribution is 0.0950. The molecule has 3 rings (SSSR count).